The third kappa shape index (κ3) is 4.14. The topological polar surface area (TPSA) is 12.0 Å². The van der Waals surface area contributed by atoms with Crippen LogP contribution in [0.4, 0.5) is 0 Å². The van der Waals surface area contributed by atoms with Crippen LogP contribution in [0, 0.1) is 11.8 Å². The summed E-state index contributed by atoms with van der Waals surface area (Å²) in [5.74, 6) is 1.83. The molecule has 0 bridgehead atoms. The highest BCUT2D eigenvalue weighted by Crippen LogP contribution is 2.27. The first kappa shape index (κ1) is 13.0. The highest BCUT2D eigenvalue weighted by Gasteiger charge is 2.22. The van der Waals surface area contributed by atoms with Gasteiger partial charge >= 0.3 is 0 Å². The lowest BCUT2D eigenvalue weighted by molar-refractivity contribution is 0.251. The van der Waals surface area contributed by atoms with Crippen LogP contribution in [0.25, 0.3) is 0 Å². The van der Waals surface area contributed by atoms with Crippen LogP contribution in [0.3, 0.4) is 0 Å². The molecule has 90 valence electrons. The van der Waals surface area contributed by atoms with Crippen LogP contribution in [0.15, 0.2) is 0 Å². The minimum absolute atomic E-state index is 0.693. The predicted molar refractivity (Wildman–Crippen MR) is 68.1 cm³/mol. The molecule has 15 heavy (non-hydrogen) atoms. The normalized spacial score (nSPS) is 31.2. The summed E-state index contributed by atoms with van der Waals surface area (Å²) in [6, 6.07) is 1.50. The fourth-order valence-corrected chi connectivity index (χ4v) is 2.63. The molecule has 0 saturated heterocycles. The van der Waals surface area contributed by atoms with Crippen molar-refractivity contribution >= 4 is 0 Å². The van der Waals surface area contributed by atoms with Crippen molar-refractivity contribution in [1.29, 1.82) is 0 Å². The summed E-state index contributed by atoms with van der Waals surface area (Å²) in [5.41, 5.74) is 0. The van der Waals surface area contributed by atoms with Gasteiger partial charge in [-0.3, -0.25) is 0 Å². The standard InChI is InChI=1S/C14H29N/c1-5-11(3)12(4)15-14-9-7-13(6-2)8-10-14/h11-15H,5-10H2,1-4H3. The van der Waals surface area contributed by atoms with E-state index in [2.05, 4.69) is 33.0 Å². The van der Waals surface area contributed by atoms with Gasteiger partial charge in [0.15, 0.2) is 0 Å². The van der Waals surface area contributed by atoms with Gasteiger partial charge in [0.1, 0.15) is 0 Å². The van der Waals surface area contributed by atoms with E-state index in [0.29, 0.717) is 6.04 Å². The van der Waals surface area contributed by atoms with E-state index in [1.165, 1.54) is 38.5 Å². The smallest absolute Gasteiger partial charge is 0.00698 e. The molecule has 0 aromatic carbocycles. The first-order valence-corrected chi connectivity index (χ1v) is 6.93. The Balaban J connectivity index is 2.23. The SMILES string of the molecule is CCC1CCC(NC(C)C(C)CC)CC1. The van der Waals surface area contributed by atoms with E-state index in [4.69, 9.17) is 0 Å². The summed E-state index contributed by atoms with van der Waals surface area (Å²) in [6.45, 7) is 9.33. The Kier molecular flexibility index (Phi) is 5.66. The zero-order valence-electron chi connectivity index (χ0n) is 11.1. The number of nitrogens with one attached hydrogen (secondary N) is 1. The van der Waals surface area contributed by atoms with Crippen molar-refractivity contribution in [1.82, 2.24) is 5.32 Å². The molecule has 0 aliphatic heterocycles. The van der Waals surface area contributed by atoms with Crippen molar-refractivity contribution in [2.75, 3.05) is 0 Å². The molecule has 0 radical (unpaired) electrons. The van der Waals surface area contributed by atoms with Gasteiger partial charge in [-0.15, -0.1) is 0 Å². The Morgan fingerprint density at radius 1 is 1.07 bits per heavy atom. The summed E-state index contributed by atoms with van der Waals surface area (Å²) in [7, 11) is 0. The van der Waals surface area contributed by atoms with Gasteiger partial charge in [0, 0.05) is 12.1 Å². The molecule has 2 unspecified atom stereocenters. The first-order valence-electron chi connectivity index (χ1n) is 6.93. The third-order valence-corrected chi connectivity index (χ3v) is 4.42. The Morgan fingerprint density at radius 3 is 2.13 bits per heavy atom. The molecule has 2 atom stereocenters. The van der Waals surface area contributed by atoms with Gasteiger partial charge in [0.2, 0.25) is 0 Å². The molecule has 1 saturated carbocycles. The molecule has 1 N–H and O–H groups in total. The fourth-order valence-electron chi connectivity index (χ4n) is 2.63. The van der Waals surface area contributed by atoms with Crippen molar-refractivity contribution in [3.05, 3.63) is 0 Å². The lowest BCUT2D eigenvalue weighted by Gasteiger charge is -2.32. The van der Waals surface area contributed by atoms with Gasteiger partial charge < -0.3 is 5.32 Å². The van der Waals surface area contributed by atoms with Crippen molar-refractivity contribution in [3.63, 3.8) is 0 Å². The summed E-state index contributed by atoms with van der Waals surface area (Å²) in [5, 5.41) is 3.81. The van der Waals surface area contributed by atoms with Crippen LogP contribution in [0.1, 0.15) is 66.2 Å². The maximum atomic E-state index is 3.81. The molecule has 1 aliphatic rings. The Bertz CT molecular complexity index is 159. The van der Waals surface area contributed by atoms with Gasteiger partial charge in [-0.1, -0.05) is 33.6 Å². The Morgan fingerprint density at radius 2 is 1.67 bits per heavy atom. The van der Waals surface area contributed by atoms with E-state index >= 15 is 0 Å². The molecular weight excluding hydrogens is 182 g/mol. The fraction of sp³-hybridized carbons (Fsp3) is 1.00. The highest BCUT2D eigenvalue weighted by molar-refractivity contribution is 4.80. The summed E-state index contributed by atoms with van der Waals surface area (Å²) in [4.78, 5) is 0. The third-order valence-electron chi connectivity index (χ3n) is 4.42. The van der Waals surface area contributed by atoms with E-state index in [9.17, 15) is 0 Å². The van der Waals surface area contributed by atoms with Gasteiger partial charge in [0.25, 0.3) is 0 Å². The van der Waals surface area contributed by atoms with Crippen LogP contribution in [0.2, 0.25) is 0 Å². The average molecular weight is 211 g/mol. The number of hydrogen-bond acceptors (Lipinski definition) is 1. The van der Waals surface area contributed by atoms with Crippen molar-refractivity contribution in [2.45, 2.75) is 78.3 Å². The van der Waals surface area contributed by atoms with Crippen LogP contribution in [-0.2, 0) is 0 Å². The molecule has 0 heterocycles. The minimum Gasteiger partial charge on any atom is -0.311 e. The van der Waals surface area contributed by atoms with Crippen molar-refractivity contribution in [2.24, 2.45) is 11.8 Å². The second-order valence-corrected chi connectivity index (χ2v) is 5.47. The molecule has 1 heteroatoms. The van der Waals surface area contributed by atoms with Gasteiger partial charge in [-0.2, -0.15) is 0 Å². The van der Waals surface area contributed by atoms with Crippen LogP contribution >= 0.6 is 0 Å². The monoisotopic (exact) mass is 211 g/mol. The second-order valence-electron chi connectivity index (χ2n) is 5.47. The molecular formula is C14H29N. The van der Waals surface area contributed by atoms with Gasteiger partial charge in [-0.05, 0) is 44.4 Å². The summed E-state index contributed by atoms with van der Waals surface area (Å²) < 4.78 is 0. The van der Waals surface area contributed by atoms with E-state index < -0.39 is 0 Å². The van der Waals surface area contributed by atoms with E-state index in [0.717, 1.165) is 17.9 Å². The Hall–Kier alpha value is -0.0400. The molecule has 1 aliphatic carbocycles. The zero-order chi connectivity index (χ0) is 11.3. The van der Waals surface area contributed by atoms with E-state index in [1.807, 2.05) is 0 Å². The maximum Gasteiger partial charge on any atom is 0.00698 e. The van der Waals surface area contributed by atoms with Gasteiger partial charge in [0.05, 0.1) is 0 Å². The van der Waals surface area contributed by atoms with E-state index in [-0.39, 0.29) is 0 Å². The molecule has 0 aromatic rings. The lowest BCUT2D eigenvalue weighted by Crippen LogP contribution is -2.41. The number of rotatable bonds is 5. The van der Waals surface area contributed by atoms with Crippen LogP contribution in [0.5, 0.6) is 0 Å². The first-order chi connectivity index (χ1) is 7.17. The largest absolute Gasteiger partial charge is 0.311 e. The molecule has 0 spiro atoms. The molecule has 1 nitrogen and oxygen atoms in total. The predicted octanol–water partition coefficient (Wildman–Crippen LogP) is 3.98. The van der Waals surface area contributed by atoms with Crippen molar-refractivity contribution < 1.29 is 0 Å². The molecule has 1 fully saturated rings. The highest BCUT2D eigenvalue weighted by atomic mass is 14.9. The molecule has 0 amide bonds. The van der Waals surface area contributed by atoms with Gasteiger partial charge in [-0.25, -0.2) is 0 Å². The average Bonchev–Trinajstić information content (AvgIpc) is 2.29. The summed E-state index contributed by atoms with van der Waals surface area (Å²) in [6.07, 6.45) is 8.37. The lowest BCUT2D eigenvalue weighted by atomic mass is 9.84. The van der Waals surface area contributed by atoms with E-state index in [1.54, 1.807) is 0 Å². The van der Waals surface area contributed by atoms with Crippen molar-refractivity contribution in [3.8, 4) is 0 Å². The quantitative estimate of drug-likeness (QED) is 0.725. The summed E-state index contributed by atoms with van der Waals surface area (Å²) >= 11 is 0. The van der Waals surface area contributed by atoms with Crippen LogP contribution in [-0.4, -0.2) is 12.1 Å². The second kappa shape index (κ2) is 6.52. The zero-order valence-corrected chi connectivity index (χ0v) is 11.1. The minimum atomic E-state index is 0.693. The van der Waals surface area contributed by atoms with Crippen LogP contribution < -0.4 is 5.32 Å². The molecule has 1 rings (SSSR count). The molecule has 0 aromatic heterocycles. The maximum absolute atomic E-state index is 3.81. The Labute approximate surface area is 96.0 Å². The number of hydrogen-bond donors (Lipinski definition) is 1.